The highest BCUT2D eigenvalue weighted by atomic mass is 32.1. The molecule has 1 aliphatic heterocycles. The third-order valence-electron chi connectivity index (χ3n) is 10.4. The highest BCUT2D eigenvalue weighted by molar-refractivity contribution is 7.25. The number of benzene rings is 8. The van der Waals surface area contributed by atoms with E-state index in [0.717, 1.165) is 27.4 Å². The van der Waals surface area contributed by atoms with Crippen LogP contribution in [0.5, 0.6) is 0 Å². The van der Waals surface area contributed by atoms with Gasteiger partial charge in [0.05, 0.1) is 11.4 Å². The molecule has 0 saturated carbocycles. The van der Waals surface area contributed by atoms with Gasteiger partial charge >= 0.3 is 0 Å². The van der Waals surface area contributed by atoms with Crippen LogP contribution in [0.3, 0.4) is 0 Å². The van der Waals surface area contributed by atoms with Gasteiger partial charge in [0, 0.05) is 75.9 Å². The van der Waals surface area contributed by atoms with E-state index in [1.54, 1.807) is 0 Å². The number of aliphatic imine (C=N–C) groups is 1. The summed E-state index contributed by atoms with van der Waals surface area (Å²) in [6, 6.07) is 52.9. The first-order valence-electron chi connectivity index (χ1n) is 17.1. The molecule has 0 unspecified atom stereocenters. The Kier molecular flexibility index (Phi) is 5.88. The smallest absolute Gasteiger partial charge is 0.0790 e. The summed E-state index contributed by atoms with van der Waals surface area (Å²) in [6.45, 7) is 0. The average molecular weight is 653 g/mol. The number of allylic oxidation sites excluding steroid dienone is 1. The molecule has 50 heavy (non-hydrogen) atoms. The first-order valence-corrected chi connectivity index (χ1v) is 17.9. The van der Waals surface area contributed by atoms with Gasteiger partial charge in [-0.05, 0) is 62.8 Å². The number of nitrogens with zero attached hydrogens (tertiary/aromatic N) is 1. The maximum absolute atomic E-state index is 5.37. The van der Waals surface area contributed by atoms with Crippen LogP contribution in [0.1, 0.15) is 11.1 Å². The van der Waals surface area contributed by atoms with Gasteiger partial charge in [0.15, 0.2) is 0 Å². The van der Waals surface area contributed by atoms with Gasteiger partial charge in [0.25, 0.3) is 0 Å². The molecular weight excluding hydrogens is 625 g/mol. The molecule has 1 N–H and O–H groups in total. The lowest BCUT2D eigenvalue weighted by atomic mass is 9.89. The second kappa shape index (κ2) is 10.6. The molecular formula is C47H28N2S. The molecule has 3 heteroatoms. The lowest BCUT2D eigenvalue weighted by Gasteiger charge is -2.15. The van der Waals surface area contributed by atoms with Crippen molar-refractivity contribution >= 4 is 103 Å². The minimum absolute atomic E-state index is 0.690. The van der Waals surface area contributed by atoms with E-state index in [-0.39, 0.29) is 0 Å². The number of aromatic nitrogens is 1. The largest absolute Gasteiger partial charge is 0.354 e. The second-order valence-electron chi connectivity index (χ2n) is 13.3. The highest BCUT2D eigenvalue weighted by Crippen LogP contribution is 2.43. The van der Waals surface area contributed by atoms with Crippen LogP contribution in [0.25, 0.3) is 85.7 Å². The predicted molar refractivity (Wildman–Crippen MR) is 215 cm³/mol. The van der Waals surface area contributed by atoms with Gasteiger partial charge in [0.1, 0.15) is 0 Å². The molecule has 8 aromatic carbocycles. The molecule has 0 radical (unpaired) electrons. The highest BCUT2D eigenvalue weighted by Gasteiger charge is 2.18. The van der Waals surface area contributed by atoms with Gasteiger partial charge in [-0.1, -0.05) is 115 Å². The molecule has 0 saturated heterocycles. The summed E-state index contributed by atoms with van der Waals surface area (Å²) >= 11 is 1.87. The predicted octanol–water partition coefficient (Wildman–Crippen LogP) is 10.9. The zero-order chi connectivity index (χ0) is 32.8. The molecule has 1 aliphatic rings. The number of hydrogen-bond donors (Lipinski definition) is 1. The minimum Gasteiger partial charge on any atom is -0.354 e. The first kappa shape index (κ1) is 27.7. The molecule has 0 amide bonds. The first-order chi connectivity index (χ1) is 24.8. The van der Waals surface area contributed by atoms with E-state index < -0.39 is 0 Å². The van der Waals surface area contributed by atoms with Crippen LogP contribution >= 0.6 is 11.3 Å². The summed E-state index contributed by atoms with van der Waals surface area (Å²) in [4.78, 5) is 9.18. The van der Waals surface area contributed by atoms with E-state index in [0.29, 0.717) is 6.42 Å². The summed E-state index contributed by atoms with van der Waals surface area (Å²) in [7, 11) is 0. The number of aromatic amines is 1. The van der Waals surface area contributed by atoms with E-state index in [4.69, 9.17) is 4.99 Å². The Morgan fingerprint density at radius 2 is 1.34 bits per heavy atom. The summed E-state index contributed by atoms with van der Waals surface area (Å²) in [6.07, 6.45) is 2.78. The van der Waals surface area contributed by atoms with Gasteiger partial charge in [-0.25, -0.2) is 0 Å². The Labute approximate surface area is 291 Å². The van der Waals surface area contributed by atoms with Crippen molar-refractivity contribution in [1.82, 2.24) is 4.98 Å². The number of thiophene rings is 1. The Bertz CT molecular complexity index is 3260. The SMILES string of the molecule is C1=CC(Cc2cc3ccccc3c3c2ccc2ccc4[nH]c5cc6sc7ccccc7c6cc5c4c23)=NC(c2ccccc2)=c2ccccc2=1. The number of fused-ring (bicyclic) bond motifs is 13. The molecule has 232 valence electrons. The van der Waals surface area contributed by atoms with Crippen molar-refractivity contribution < 1.29 is 0 Å². The standard InChI is InChI=1S/C47H28N2S/c1-2-11-30(12-3-1)47-36-15-7-4-10-28(36)18-21-33(48-47)25-32-24-31-13-5-6-14-34(31)45-35(32)22-19-29-20-23-40-46(44(29)45)39-26-38-37-16-8-9-17-42(37)50-43(38)27-41(39)49-40/h1-17,19-24,26-27,49H,25H2. The van der Waals surface area contributed by atoms with Crippen molar-refractivity contribution in [3.8, 4) is 0 Å². The van der Waals surface area contributed by atoms with Gasteiger partial charge in [-0.2, -0.15) is 0 Å². The van der Waals surface area contributed by atoms with Crippen LogP contribution in [0.4, 0.5) is 0 Å². The summed E-state index contributed by atoms with van der Waals surface area (Å²) < 4.78 is 2.64. The molecule has 0 atom stereocenters. The van der Waals surface area contributed by atoms with Crippen molar-refractivity contribution in [2.24, 2.45) is 4.99 Å². The van der Waals surface area contributed by atoms with Crippen LogP contribution in [0.2, 0.25) is 0 Å². The minimum atomic E-state index is 0.690. The van der Waals surface area contributed by atoms with Gasteiger partial charge in [0.2, 0.25) is 0 Å². The third kappa shape index (κ3) is 4.12. The van der Waals surface area contributed by atoms with Crippen LogP contribution in [-0.2, 0) is 6.42 Å². The van der Waals surface area contributed by atoms with E-state index in [1.165, 1.54) is 79.9 Å². The lowest BCUT2D eigenvalue weighted by molar-refractivity contribution is 1.34. The number of nitrogens with one attached hydrogen (secondary N) is 1. The fourth-order valence-electron chi connectivity index (χ4n) is 8.15. The summed E-state index contributed by atoms with van der Waals surface area (Å²) in [5, 5.41) is 15.0. The fraction of sp³-hybridized carbons (Fsp3) is 0.0213. The molecule has 0 aliphatic carbocycles. The quantitative estimate of drug-likeness (QED) is 0.184. The summed E-state index contributed by atoms with van der Waals surface area (Å²) in [5.41, 5.74) is 10.3. The Balaban J connectivity index is 1.21. The maximum Gasteiger partial charge on any atom is 0.0790 e. The maximum atomic E-state index is 5.37. The molecule has 3 heterocycles. The fourth-order valence-corrected chi connectivity index (χ4v) is 9.28. The normalized spacial score (nSPS) is 13.1. The monoisotopic (exact) mass is 652 g/mol. The summed E-state index contributed by atoms with van der Waals surface area (Å²) in [5.74, 6) is 0. The van der Waals surface area contributed by atoms with Crippen molar-refractivity contribution in [2.75, 3.05) is 0 Å². The molecule has 0 fully saturated rings. The Hall–Kier alpha value is -6.25. The van der Waals surface area contributed by atoms with Crippen LogP contribution in [0, 0.1) is 0 Å². The van der Waals surface area contributed by atoms with Gasteiger partial charge in [-0.3, -0.25) is 4.99 Å². The van der Waals surface area contributed by atoms with Crippen molar-refractivity contribution in [3.63, 3.8) is 0 Å². The lowest BCUT2D eigenvalue weighted by Crippen LogP contribution is -2.25. The molecule has 11 rings (SSSR count). The average Bonchev–Trinajstić information content (AvgIpc) is 3.65. The molecule has 0 bridgehead atoms. The van der Waals surface area contributed by atoms with E-state index in [2.05, 4.69) is 162 Å². The van der Waals surface area contributed by atoms with Crippen LogP contribution < -0.4 is 10.4 Å². The number of hydrogen-bond acceptors (Lipinski definition) is 2. The zero-order valence-electron chi connectivity index (χ0n) is 27.0. The van der Waals surface area contributed by atoms with Crippen molar-refractivity contribution in [3.05, 3.63) is 173 Å². The van der Waals surface area contributed by atoms with Crippen molar-refractivity contribution in [1.29, 1.82) is 0 Å². The van der Waals surface area contributed by atoms with Crippen LogP contribution in [-0.4, -0.2) is 10.7 Å². The van der Waals surface area contributed by atoms with Gasteiger partial charge < -0.3 is 4.98 Å². The molecule has 0 spiro atoms. The molecule has 2 aromatic heterocycles. The van der Waals surface area contributed by atoms with E-state index >= 15 is 0 Å². The zero-order valence-corrected chi connectivity index (χ0v) is 27.8. The third-order valence-corrected chi connectivity index (χ3v) is 11.5. The Morgan fingerprint density at radius 3 is 2.28 bits per heavy atom. The molecule has 10 aromatic rings. The Morgan fingerprint density at radius 1 is 0.540 bits per heavy atom. The second-order valence-corrected chi connectivity index (χ2v) is 14.4. The van der Waals surface area contributed by atoms with E-state index in [1.807, 2.05) is 11.3 Å². The molecule has 2 nitrogen and oxygen atoms in total. The topological polar surface area (TPSA) is 28.1 Å². The number of H-pyrrole nitrogens is 1. The number of rotatable bonds is 3. The van der Waals surface area contributed by atoms with Gasteiger partial charge in [-0.15, -0.1) is 17.1 Å². The van der Waals surface area contributed by atoms with Crippen molar-refractivity contribution in [2.45, 2.75) is 6.42 Å². The van der Waals surface area contributed by atoms with E-state index in [9.17, 15) is 0 Å². The van der Waals surface area contributed by atoms with Crippen LogP contribution in [0.15, 0.2) is 157 Å².